The third kappa shape index (κ3) is 4.22. The summed E-state index contributed by atoms with van der Waals surface area (Å²) in [6.45, 7) is 4.35. The van der Waals surface area contributed by atoms with Crippen molar-refractivity contribution in [2.24, 2.45) is 0 Å². The topological polar surface area (TPSA) is 127 Å². The van der Waals surface area contributed by atoms with Crippen LogP contribution in [0.5, 0.6) is 0 Å². The molecule has 2 amide bonds. The summed E-state index contributed by atoms with van der Waals surface area (Å²) in [4.78, 5) is 35.8. The van der Waals surface area contributed by atoms with E-state index in [-0.39, 0.29) is 12.6 Å². The molecule has 0 fully saturated rings. The van der Waals surface area contributed by atoms with Crippen molar-refractivity contribution in [3.63, 3.8) is 0 Å². The van der Waals surface area contributed by atoms with Crippen molar-refractivity contribution in [1.29, 1.82) is 0 Å². The molecule has 10 heteroatoms. The molecule has 0 aliphatic rings. The molecule has 0 atom stereocenters. The number of nitrogens with zero attached hydrogens (tertiary/aromatic N) is 4. The van der Waals surface area contributed by atoms with Gasteiger partial charge in [0.05, 0.1) is 35.1 Å². The molecule has 158 valence electrons. The van der Waals surface area contributed by atoms with Crippen LogP contribution in [-0.4, -0.2) is 49.9 Å². The fourth-order valence-corrected chi connectivity index (χ4v) is 3.12. The molecular weight excluding hydrogens is 398 g/mol. The Morgan fingerprint density at radius 1 is 1.19 bits per heavy atom. The van der Waals surface area contributed by atoms with Gasteiger partial charge in [0.1, 0.15) is 0 Å². The monoisotopic (exact) mass is 419 g/mol. The SMILES string of the molecule is CCNC(=O)Nc1nc2cc(-c3cccnc3)cc(-n3cc(C(=O)OCC)cn3)c2[nH]1. The molecule has 10 nitrogen and oxygen atoms in total. The van der Waals surface area contributed by atoms with E-state index in [2.05, 4.69) is 30.7 Å². The van der Waals surface area contributed by atoms with Crippen molar-refractivity contribution < 1.29 is 14.3 Å². The summed E-state index contributed by atoms with van der Waals surface area (Å²) >= 11 is 0. The summed E-state index contributed by atoms with van der Waals surface area (Å²) in [6, 6.07) is 7.23. The lowest BCUT2D eigenvalue weighted by atomic mass is 10.1. The quantitative estimate of drug-likeness (QED) is 0.412. The maximum atomic E-state index is 12.1. The minimum absolute atomic E-state index is 0.278. The number of fused-ring (bicyclic) bond motifs is 1. The Hall–Kier alpha value is -4.21. The number of nitrogens with one attached hydrogen (secondary N) is 3. The first-order valence-corrected chi connectivity index (χ1v) is 9.80. The number of ether oxygens (including phenoxy) is 1. The smallest absolute Gasteiger partial charge is 0.341 e. The van der Waals surface area contributed by atoms with Crippen LogP contribution >= 0.6 is 0 Å². The molecule has 4 aromatic rings. The first kappa shape index (κ1) is 20.1. The second-order valence-electron chi connectivity index (χ2n) is 6.60. The fourth-order valence-electron chi connectivity index (χ4n) is 3.12. The number of esters is 1. The number of pyridine rings is 1. The summed E-state index contributed by atoms with van der Waals surface area (Å²) in [5.74, 6) is -0.153. The van der Waals surface area contributed by atoms with Gasteiger partial charge in [0, 0.05) is 30.7 Å². The number of imidazole rings is 1. The van der Waals surface area contributed by atoms with Gasteiger partial charge in [0.15, 0.2) is 0 Å². The van der Waals surface area contributed by atoms with Gasteiger partial charge in [0.2, 0.25) is 5.95 Å². The fraction of sp³-hybridized carbons (Fsp3) is 0.190. The number of benzene rings is 1. The highest BCUT2D eigenvalue weighted by molar-refractivity contribution is 5.94. The predicted octanol–water partition coefficient (Wildman–Crippen LogP) is 3.13. The van der Waals surface area contributed by atoms with Gasteiger partial charge in [-0.25, -0.2) is 19.3 Å². The Balaban J connectivity index is 1.82. The summed E-state index contributed by atoms with van der Waals surface area (Å²) in [7, 11) is 0. The highest BCUT2D eigenvalue weighted by Gasteiger charge is 2.16. The zero-order valence-electron chi connectivity index (χ0n) is 17.0. The van der Waals surface area contributed by atoms with Gasteiger partial charge in [0.25, 0.3) is 0 Å². The lowest BCUT2D eigenvalue weighted by molar-refractivity contribution is 0.0526. The van der Waals surface area contributed by atoms with E-state index < -0.39 is 5.97 Å². The van der Waals surface area contributed by atoms with E-state index in [1.165, 1.54) is 6.20 Å². The number of carbonyl (C=O) groups is 2. The second-order valence-corrected chi connectivity index (χ2v) is 6.60. The third-order valence-electron chi connectivity index (χ3n) is 4.48. The molecule has 0 bridgehead atoms. The van der Waals surface area contributed by atoms with Gasteiger partial charge >= 0.3 is 12.0 Å². The molecule has 0 radical (unpaired) electrons. The van der Waals surface area contributed by atoms with Gasteiger partial charge in [-0.15, -0.1) is 0 Å². The maximum absolute atomic E-state index is 12.1. The van der Waals surface area contributed by atoms with Gasteiger partial charge < -0.3 is 15.0 Å². The normalized spacial score (nSPS) is 10.8. The average molecular weight is 419 g/mol. The van der Waals surface area contributed by atoms with Gasteiger partial charge in [-0.3, -0.25) is 10.3 Å². The summed E-state index contributed by atoms with van der Waals surface area (Å²) in [6.07, 6.45) is 6.49. The summed E-state index contributed by atoms with van der Waals surface area (Å²) < 4.78 is 6.63. The zero-order valence-corrected chi connectivity index (χ0v) is 17.0. The van der Waals surface area contributed by atoms with Gasteiger partial charge in [-0.05, 0) is 37.6 Å². The number of rotatable bonds is 6. The van der Waals surface area contributed by atoms with Crippen molar-refractivity contribution in [1.82, 2.24) is 30.0 Å². The highest BCUT2D eigenvalue weighted by atomic mass is 16.5. The zero-order chi connectivity index (χ0) is 21.8. The van der Waals surface area contributed by atoms with Crippen LogP contribution in [0.1, 0.15) is 24.2 Å². The number of aromatic amines is 1. The molecule has 0 aliphatic heterocycles. The van der Waals surface area contributed by atoms with Crippen LogP contribution < -0.4 is 10.6 Å². The van der Waals surface area contributed by atoms with Crippen LogP contribution in [0.2, 0.25) is 0 Å². The van der Waals surface area contributed by atoms with Crippen LogP contribution in [-0.2, 0) is 4.74 Å². The molecule has 0 aliphatic carbocycles. The van der Waals surface area contributed by atoms with Crippen LogP contribution in [0.3, 0.4) is 0 Å². The Labute approximate surface area is 177 Å². The summed E-state index contributed by atoms with van der Waals surface area (Å²) in [5, 5.41) is 9.67. The van der Waals surface area contributed by atoms with Crippen molar-refractivity contribution >= 4 is 29.0 Å². The van der Waals surface area contributed by atoms with E-state index in [9.17, 15) is 9.59 Å². The maximum Gasteiger partial charge on any atom is 0.341 e. The Kier molecular flexibility index (Phi) is 5.61. The molecule has 31 heavy (non-hydrogen) atoms. The summed E-state index contributed by atoms with van der Waals surface area (Å²) in [5.41, 5.74) is 4.02. The molecule has 3 heterocycles. The van der Waals surface area contributed by atoms with Gasteiger partial charge in [-0.1, -0.05) is 6.07 Å². The number of aromatic nitrogens is 5. The molecule has 0 spiro atoms. The Morgan fingerprint density at radius 2 is 2.06 bits per heavy atom. The molecule has 0 unspecified atom stereocenters. The van der Waals surface area contributed by atoms with E-state index >= 15 is 0 Å². The molecule has 1 aromatic carbocycles. The molecule has 3 N–H and O–H groups in total. The van der Waals surface area contributed by atoms with E-state index in [1.807, 2.05) is 31.2 Å². The molecule has 0 saturated heterocycles. The van der Waals surface area contributed by atoms with Crippen LogP contribution in [0, 0.1) is 0 Å². The van der Waals surface area contributed by atoms with Crippen molar-refractivity contribution in [3.8, 4) is 16.8 Å². The van der Waals surface area contributed by atoms with Crippen molar-refractivity contribution in [3.05, 3.63) is 54.6 Å². The van der Waals surface area contributed by atoms with Crippen LogP contribution in [0.4, 0.5) is 10.7 Å². The van der Waals surface area contributed by atoms with Gasteiger partial charge in [-0.2, -0.15) is 5.10 Å². The van der Waals surface area contributed by atoms with Crippen LogP contribution in [0.15, 0.2) is 49.1 Å². The predicted molar refractivity (Wildman–Crippen MR) is 115 cm³/mol. The van der Waals surface area contributed by atoms with Crippen LogP contribution in [0.25, 0.3) is 27.8 Å². The molecule has 4 rings (SSSR count). The molecular formula is C21H21N7O3. The number of anilines is 1. The second kappa shape index (κ2) is 8.66. The highest BCUT2D eigenvalue weighted by Crippen LogP contribution is 2.29. The number of urea groups is 1. The standard InChI is InChI=1S/C21H21N7O3/c1-3-23-21(30)27-20-25-16-8-14(13-6-5-7-22-10-13)9-17(18(16)26-20)28-12-15(11-24-28)19(29)31-4-2/h5-12H,3-4H2,1-2H3,(H3,23,25,26,27,30). The Bertz CT molecular complexity index is 1230. The van der Waals surface area contributed by atoms with E-state index in [0.717, 1.165) is 11.1 Å². The minimum Gasteiger partial charge on any atom is -0.462 e. The molecule has 3 aromatic heterocycles. The number of carbonyl (C=O) groups excluding carboxylic acids is 2. The average Bonchev–Trinajstić information content (AvgIpc) is 3.41. The number of H-pyrrole nitrogens is 1. The first-order valence-electron chi connectivity index (χ1n) is 9.80. The number of amides is 2. The number of hydrogen-bond acceptors (Lipinski definition) is 6. The Morgan fingerprint density at radius 3 is 2.81 bits per heavy atom. The minimum atomic E-state index is -0.448. The molecule has 0 saturated carbocycles. The largest absolute Gasteiger partial charge is 0.462 e. The number of hydrogen-bond donors (Lipinski definition) is 3. The van der Waals surface area contributed by atoms with E-state index in [0.29, 0.717) is 34.8 Å². The van der Waals surface area contributed by atoms with Crippen molar-refractivity contribution in [2.75, 3.05) is 18.5 Å². The van der Waals surface area contributed by atoms with E-state index in [1.54, 1.807) is 30.2 Å². The lowest BCUT2D eigenvalue weighted by Gasteiger charge is -2.07. The van der Waals surface area contributed by atoms with E-state index in [4.69, 9.17) is 4.74 Å². The van der Waals surface area contributed by atoms with Crippen molar-refractivity contribution in [2.45, 2.75) is 13.8 Å². The first-order chi connectivity index (χ1) is 15.1. The third-order valence-corrected chi connectivity index (χ3v) is 4.48. The lowest BCUT2D eigenvalue weighted by Crippen LogP contribution is -2.28.